The summed E-state index contributed by atoms with van der Waals surface area (Å²) in [5, 5.41) is 0. The molecule has 0 aromatic rings. The van der Waals surface area contributed by atoms with Gasteiger partial charge in [-0.1, -0.05) is 0 Å². The molecule has 0 N–H and O–H groups in total. The zero-order valence-electron chi connectivity index (χ0n) is 18.9. The summed E-state index contributed by atoms with van der Waals surface area (Å²) in [6.07, 6.45) is 6.57. The number of amides is 1. The van der Waals surface area contributed by atoms with Crippen LogP contribution in [0.1, 0.15) is 80.1 Å². The molecule has 1 amide bonds. The van der Waals surface area contributed by atoms with Crippen molar-refractivity contribution in [1.82, 2.24) is 4.90 Å². The second-order valence-electron chi connectivity index (χ2n) is 11.6. The number of carbonyl (C=O) groups is 1. The van der Waals surface area contributed by atoms with Gasteiger partial charge < -0.3 is 19.1 Å². The minimum Gasteiger partial charge on any atom is -0.381 e. The molecule has 1 saturated heterocycles. The van der Waals surface area contributed by atoms with Gasteiger partial charge >= 0.3 is 0 Å². The number of hydrogen-bond acceptors (Lipinski definition) is 4. The highest BCUT2D eigenvalue weighted by molar-refractivity contribution is 5.78. The highest BCUT2D eigenvalue weighted by Crippen LogP contribution is 2.74. The molecule has 4 fully saturated rings. The molecule has 5 heteroatoms. The minimum atomic E-state index is -0.125. The molecule has 0 radical (unpaired) electrons. The van der Waals surface area contributed by atoms with E-state index >= 15 is 0 Å². The number of unbranched alkanes of at least 4 members (excludes halogenated alkanes) is 1. The van der Waals surface area contributed by atoms with Crippen LogP contribution in [0.4, 0.5) is 0 Å². The van der Waals surface area contributed by atoms with E-state index in [0.29, 0.717) is 11.3 Å². The standard InChI is InChI=1S/C23H41NO4/c1-20(2,3)27-10-8-7-9-26-17-23-14-22(15-23,16-23)11-19(25)24-12-18(13-24)28-21(4,5)6/h18H,7-17H2,1-6H3. The van der Waals surface area contributed by atoms with Crippen LogP contribution in [-0.2, 0) is 19.0 Å². The van der Waals surface area contributed by atoms with Gasteiger partial charge in [0.2, 0.25) is 5.91 Å². The summed E-state index contributed by atoms with van der Waals surface area (Å²) in [7, 11) is 0. The van der Waals surface area contributed by atoms with Crippen molar-refractivity contribution in [3.8, 4) is 0 Å². The monoisotopic (exact) mass is 395 g/mol. The van der Waals surface area contributed by atoms with E-state index in [0.717, 1.165) is 52.2 Å². The Morgan fingerprint density at radius 2 is 1.54 bits per heavy atom. The largest absolute Gasteiger partial charge is 0.381 e. The second kappa shape index (κ2) is 7.88. The number of nitrogens with zero attached hydrogens (tertiary/aromatic N) is 1. The Morgan fingerprint density at radius 3 is 2.11 bits per heavy atom. The quantitative estimate of drug-likeness (QED) is 0.521. The van der Waals surface area contributed by atoms with Crippen molar-refractivity contribution in [2.75, 3.05) is 32.9 Å². The van der Waals surface area contributed by atoms with Crippen LogP contribution in [0, 0.1) is 10.8 Å². The minimum absolute atomic E-state index is 0.0466. The Balaban J connectivity index is 1.22. The van der Waals surface area contributed by atoms with Crippen LogP contribution in [-0.4, -0.2) is 61.0 Å². The topological polar surface area (TPSA) is 48.0 Å². The Morgan fingerprint density at radius 1 is 0.929 bits per heavy atom. The Labute approximate surface area is 171 Å². The maximum atomic E-state index is 12.5. The van der Waals surface area contributed by atoms with Crippen molar-refractivity contribution in [2.45, 2.75) is 97.4 Å². The van der Waals surface area contributed by atoms with Gasteiger partial charge in [0.15, 0.2) is 0 Å². The first-order valence-electron chi connectivity index (χ1n) is 11.1. The summed E-state index contributed by atoms with van der Waals surface area (Å²) in [6.45, 7) is 16.5. The first-order valence-corrected chi connectivity index (χ1v) is 11.1. The van der Waals surface area contributed by atoms with Crippen molar-refractivity contribution in [3.05, 3.63) is 0 Å². The summed E-state index contributed by atoms with van der Waals surface area (Å²) in [4.78, 5) is 14.5. The molecule has 0 unspecified atom stereocenters. The molecule has 1 heterocycles. The van der Waals surface area contributed by atoms with E-state index in [2.05, 4.69) is 41.5 Å². The van der Waals surface area contributed by atoms with Crippen molar-refractivity contribution in [1.29, 1.82) is 0 Å². The average Bonchev–Trinajstić information content (AvgIpc) is 2.42. The molecule has 0 aromatic heterocycles. The van der Waals surface area contributed by atoms with Gasteiger partial charge in [0, 0.05) is 32.7 Å². The van der Waals surface area contributed by atoms with E-state index in [9.17, 15) is 4.79 Å². The smallest absolute Gasteiger partial charge is 0.223 e. The van der Waals surface area contributed by atoms with Crippen LogP contribution in [0.2, 0.25) is 0 Å². The van der Waals surface area contributed by atoms with Crippen molar-refractivity contribution < 1.29 is 19.0 Å². The Hall–Kier alpha value is -0.650. The van der Waals surface area contributed by atoms with Gasteiger partial charge in [0.05, 0.1) is 23.9 Å². The van der Waals surface area contributed by atoms with Crippen LogP contribution in [0.25, 0.3) is 0 Å². The highest BCUT2D eigenvalue weighted by atomic mass is 16.5. The molecule has 162 valence electrons. The average molecular weight is 396 g/mol. The molecule has 0 atom stereocenters. The summed E-state index contributed by atoms with van der Waals surface area (Å²) in [5.74, 6) is 0.321. The number of ether oxygens (including phenoxy) is 3. The summed E-state index contributed by atoms with van der Waals surface area (Å²) in [5.41, 5.74) is 0.501. The van der Waals surface area contributed by atoms with Crippen molar-refractivity contribution in [3.63, 3.8) is 0 Å². The summed E-state index contributed by atoms with van der Waals surface area (Å²) < 4.78 is 17.6. The van der Waals surface area contributed by atoms with Gasteiger partial charge in [-0.2, -0.15) is 0 Å². The lowest BCUT2D eigenvalue weighted by Gasteiger charge is -2.71. The number of carbonyl (C=O) groups excluding carboxylic acids is 1. The molecule has 4 rings (SSSR count). The fourth-order valence-electron chi connectivity index (χ4n) is 5.19. The molecular formula is C23H41NO4. The second-order valence-corrected chi connectivity index (χ2v) is 11.6. The van der Waals surface area contributed by atoms with Crippen LogP contribution in [0.15, 0.2) is 0 Å². The predicted octanol–water partition coefficient (Wildman–Crippen LogP) is 4.18. The molecule has 4 aliphatic rings. The maximum absolute atomic E-state index is 12.5. The van der Waals surface area contributed by atoms with E-state index in [1.54, 1.807) is 0 Å². The fraction of sp³-hybridized carbons (Fsp3) is 0.957. The Kier molecular flexibility index (Phi) is 6.21. The third kappa shape index (κ3) is 5.70. The predicted molar refractivity (Wildman–Crippen MR) is 110 cm³/mol. The molecule has 3 aliphatic carbocycles. The van der Waals surface area contributed by atoms with Gasteiger partial charge in [0.25, 0.3) is 0 Å². The van der Waals surface area contributed by atoms with Crippen LogP contribution in [0.5, 0.6) is 0 Å². The lowest BCUT2D eigenvalue weighted by Crippen LogP contribution is -2.66. The summed E-state index contributed by atoms with van der Waals surface area (Å²) in [6, 6.07) is 0. The van der Waals surface area contributed by atoms with Gasteiger partial charge in [-0.15, -0.1) is 0 Å². The van der Waals surface area contributed by atoms with Gasteiger partial charge in [-0.3, -0.25) is 4.79 Å². The van der Waals surface area contributed by atoms with E-state index < -0.39 is 0 Å². The molecule has 0 spiro atoms. The number of rotatable bonds is 10. The maximum Gasteiger partial charge on any atom is 0.223 e. The Bertz CT molecular complexity index is 534. The highest BCUT2D eigenvalue weighted by Gasteiger charge is 2.68. The first kappa shape index (κ1) is 22.0. The lowest BCUT2D eigenvalue weighted by atomic mass is 9.34. The number of hydrogen-bond donors (Lipinski definition) is 0. The zero-order valence-corrected chi connectivity index (χ0v) is 18.9. The van der Waals surface area contributed by atoms with Crippen LogP contribution < -0.4 is 0 Å². The van der Waals surface area contributed by atoms with Gasteiger partial charge in [0.1, 0.15) is 0 Å². The molecular weight excluding hydrogens is 354 g/mol. The lowest BCUT2D eigenvalue weighted by molar-refractivity contribution is -0.236. The first-order chi connectivity index (χ1) is 12.9. The molecule has 28 heavy (non-hydrogen) atoms. The van der Waals surface area contributed by atoms with Gasteiger partial charge in [-0.05, 0) is 84.5 Å². The fourth-order valence-corrected chi connectivity index (χ4v) is 5.19. The third-order valence-electron chi connectivity index (χ3n) is 6.12. The zero-order chi connectivity index (χ0) is 20.6. The molecule has 3 saturated carbocycles. The van der Waals surface area contributed by atoms with Crippen molar-refractivity contribution in [2.24, 2.45) is 10.8 Å². The summed E-state index contributed by atoms with van der Waals surface area (Å²) >= 11 is 0. The van der Waals surface area contributed by atoms with E-state index in [1.807, 2.05) is 4.90 Å². The molecule has 5 nitrogen and oxygen atoms in total. The SMILES string of the molecule is CC(C)(C)OCCCCOCC12CC(CC(=O)N3CC(OC(C)(C)C)C3)(C1)C2. The van der Waals surface area contributed by atoms with Gasteiger partial charge in [-0.25, -0.2) is 0 Å². The van der Waals surface area contributed by atoms with E-state index in [1.165, 1.54) is 19.3 Å². The van der Waals surface area contributed by atoms with Crippen molar-refractivity contribution >= 4 is 5.91 Å². The number of likely N-dealkylation sites (tertiary alicyclic amines) is 1. The normalized spacial score (nSPS) is 29.9. The van der Waals surface area contributed by atoms with Crippen LogP contribution in [0.3, 0.4) is 0 Å². The van der Waals surface area contributed by atoms with E-state index in [4.69, 9.17) is 14.2 Å². The third-order valence-corrected chi connectivity index (χ3v) is 6.12. The molecule has 0 aromatic carbocycles. The molecule has 1 aliphatic heterocycles. The molecule has 2 bridgehead atoms. The van der Waals surface area contributed by atoms with E-state index in [-0.39, 0.29) is 22.7 Å². The van der Waals surface area contributed by atoms with Crippen LogP contribution >= 0.6 is 0 Å².